The molecule has 0 aromatic heterocycles. The van der Waals surface area contributed by atoms with E-state index in [1.165, 1.54) is 5.56 Å². The number of nitrogens with zero attached hydrogens (tertiary/aromatic N) is 1. The Bertz CT molecular complexity index is 1230. The summed E-state index contributed by atoms with van der Waals surface area (Å²) in [5.41, 5.74) is 3.25. The van der Waals surface area contributed by atoms with Gasteiger partial charge in [-0.2, -0.15) is 0 Å². The fourth-order valence-electron chi connectivity index (χ4n) is 4.15. The molecule has 4 rings (SSSR count). The Morgan fingerprint density at radius 2 is 1.71 bits per heavy atom. The second-order valence-corrected chi connectivity index (χ2v) is 10.7. The third kappa shape index (κ3) is 6.53. The molecule has 1 fully saturated rings. The van der Waals surface area contributed by atoms with Gasteiger partial charge < -0.3 is 10.1 Å². The molecule has 3 aromatic rings. The third-order valence-corrected chi connectivity index (χ3v) is 7.53. The van der Waals surface area contributed by atoms with E-state index in [4.69, 9.17) is 4.74 Å². The minimum absolute atomic E-state index is 0.152. The molecule has 0 spiro atoms. The van der Waals surface area contributed by atoms with Crippen molar-refractivity contribution in [3.8, 4) is 0 Å². The molecule has 1 unspecified atom stereocenters. The monoisotopic (exact) mass is 478 g/mol. The van der Waals surface area contributed by atoms with Crippen molar-refractivity contribution in [3.05, 3.63) is 101 Å². The maximum Gasteiger partial charge on any atom is 0.251 e. The molecule has 1 saturated heterocycles. The van der Waals surface area contributed by atoms with Crippen molar-refractivity contribution in [2.75, 3.05) is 19.7 Å². The molecule has 1 aliphatic heterocycles. The number of hydrogen-bond donors (Lipinski definition) is 1. The lowest BCUT2D eigenvalue weighted by atomic mass is 10.1. The highest BCUT2D eigenvalue weighted by Gasteiger charge is 2.17. The number of carbonyl (C=O) groups excluding carboxylic acids is 1. The molecule has 0 saturated carbocycles. The topological polar surface area (TPSA) is 75.7 Å². The smallest absolute Gasteiger partial charge is 0.251 e. The van der Waals surface area contributed by atoms with Crippen molar-refractivity contribution in [2.45, 2.75) is 36.8 Å². The van der Waals surface area contributed by atoms with Crippen molar-refractivity contribution in [1.82, 2.24) is 10.2 Å². The number of morpholine rings is 1. The summed E-state index contributed by atoms with van der Waals surface area (Å²) in [6, 6.07) is 23.4. The summed E-state index contributed by atoms with van der Waals surface area (Å²) in [7, 11) is -3.48. The molecule has 0 aliphatic carbocycles. The van der Waals surface area contributed by atoms with E-state index in [0.717, 1.165) is 31.8 Å². The largest absolute Gasteiger partial charge is 0.376 e. The number of amides is 1. The molecule has 34 heavy (non-hydrogen) atoms. The van der Waals surface area contributed by atoms with Gasteiger partial charge in [-0.25, -0.2) is 8.42 Å². The Hall–Kier alpha value is -3.00. The first kappa shape index (κ1) is 24.1. The average Bonchev–Trinajstić information content (AvgIpc) is 2.83. The van der Waals surface area contributed by atoms with Crippen molar-refractivity contribution in [2.24, 2.45) is 0 Å². The van der Waals surface area contributed by atoms with E-state index in [-0.39, 0.29) is 22.7 Å². The molecular weight excluding hydrogens is 448 g/mol. The van der Waals surface area contributed by atoms with Crippen molar-refractivity contribution in [3.63, 3.8) is 0 Å². The lowest BCUT2D eigenvalue weighted by molar-refractivity contribution is -0.0212. The van der Waals surface area contributed by atoms with Crippen LogP contribution >= 0.6 is 0 Å². The zero-order valence-electron chi connectivity index (χ0n) is 19.3. The molecule has 0 radical (unpaired) electrons. The first-order chi connectivity index (χ1) is 16.4. The summed E-state index contributed by atoms with van der Waals surface area (Å²) >= 11 is 0. The van der Waals surface area contributed by atoms with E-state index in [9.17, 15) is 13.2 Å². The van der Waals surface area contributed by atoms with Gasteiger partial charge in [-0.3, -0.25) is 9.69 Å². The third-order valence-electron chi connectivity index (χ3n) is 5.82. The quantitative estimate of drug-likeness (QED) is 0.533. The molecule has 0 bridgehead atoms. The van der Waals surface area contributed by atoms with Gasteiger partial charge in [0.15, 0.2) is 9.84 Å². The van der Waals surface area contributed by atoms with Gasteiger partial charge in [0.2, 0.25) is 0 Å². The van der Waals surface area contributed by atoms with Crippen LogP contribution < -0.4 is 5.32 Å². The van der Waals surface area contributed by atoms with Gasteiger partial charge in [0.1, 0.15) is 0 Å². The summed E-state index contributed by atoms with van der Waals surface area (Å²) in [6.07, 6.45) is 0.245. The standard InChI is InChI=1S/C27H30N2O4S/c1-21-18-29(13-14-33-21)19-23-8-5-7-22(15-23)17-28-27(30)25-10-6-9-24(16-25)20-34(31,32)26-11-3-2-4-12-26/h2-12,15-16,21H,13-14,17-20H2,1H3,(H,28,30). The zero-order valence-corrected chi connectivity index (χ0v) is 20.1. The van der Waals surface area contributed by atoms with Crippen LogP contribution in [0.1, 0.15) is 34.0 Å². The SMILES string of the molecule is CC1CN(Cc2cccc(CNC(=O)c3cccc(CS(=O)(=O)c4ccccc4)c3)c2)CCO1. The van der Waals surface area contributed by atoms with E-state index in [1.807, 2.05) is 12.1 Å². The maximum absolute atomic E-state index is 12.8. The van der Waals surface area contributed by atoms with Crippen LogP contribution in [0.5, 0.6) is 0 Å². The van der Waals surface area contributed by atoms with E-state index in [1.54, 1.807) is 54.6 Å². The second kappa shape index (κ2) is 11.0. The van der Waals surface area contributed by atoms with E-state index < -0.39 is 9.84 Å². The zero-order chi connectivity index (χ0) is 24.0. The number of benzene rings is 3. The first-order valence-electron chi connectivity index (χ1n) is 11.5. The van der Waals surface area contributed by atoms with Crippen LogP contribution in [-0.2, 0) is 33.4 Å². The van der Waals surface area contributed by atoms with Gasteiger partial charge in [-0.05, 0) is 47.9 Å². The number of nitrogens with one attached hydrogen (secondary N) is 1. The Kier molecular flexibility index (Phi) is 7.77. The molecule has 178 valence electrons. The number of hydrogen-bond acceptors (Lipinski definition) is 5. The summed E-state index contributed by atoms with van der Waals surface area (Å²) in [5, 5.41) is 2.95. The Balaban J connectivity index is 1.36. The van der Waals surface area contributed by atoms with Crippen LogP contribution in [0.15, 0.2) is 83.8 Å². The minimum Gasteiger partial charge on any atom is -0.376 e. The summed E-state index contributed by atoms with van der Waals surface area (Å²) < 4.78 is 31.0. The predicted molar refractivity (Wildman–Crippen MR) is 132 cm³/mol. The van der Waals surface area contributed by atoms with Gasteiger partial charge in [0.05, 0.1) is 23.4 Å². The number of carbonyl (C=O) groups is 1. The molecule has 1 atom stereocenters. The fourth-order valence-corrected chi connectivity index (χ4v) is 5.50. The average molecular weight is 479 g/mol. The molecule has 3 aromatic carbocycles. The number of sulfone groups is 1. The van der Waals surface area contributed by atoms with E-state index in [0.29, 0.717) is 17.7 Å². The molecule has 1 amide bonds. The van der Waals surface area contributed by atoms with Gasteiger partial charge in [-0.15, -0.1) is 0 Å². The molecule has 6 nitrogen and oxygen atoms in total. The Morgan fingerprint density at radius 1 is 0.971 bits per heavy atom. The van der Waals surface area contributed by atoms with Crippen LogP contribution in [0.2, 0.25) is 0 Å². The molecule has 1 aliphatic rings. The molecular formula is C27H30N2O4S. The Morgan fingerprint density at radius 3 is 2.50 bits per heavy atom. The molecule has 1 N–H and O–H groups in total. The van der Waals surface area contributed by atoms with Crippen molar-refractivity contribution in [1.29, 1.82) is 0 Å². The highest BCUT2D eigenvalue weighted by molar-refractivity contribution is 7.90. The maximum atomic E-state index is 12.8. The van der Waals surface area contributed by atoms with E-state index >= 15 is 0 Å². The van der Waals surface area contributed by atoms with Crippen LogP contribution in [-0.4, -0.2) is 45.0 Å². The Labute approximate surface area is 201 Å². The second-order valence-electron chi connectivity index (χ2n) is 8.69. The summed E-state index contributed by atoms with van der Waals surface area (Å²) in [4.78, 5) is 15.4. The lowest BCUT2D eigenvalue weighted by Crippen LogP contribution is -2.40. The molecule has 1 heterocycles. The normalized spacial score (nSPS) is 16.8. The highest BCUT2D eigenvalue weighted by atomic mass is 32.2. The van der Waals surface area contributed by atoms with Crippen molar-refractivity contribution >= 4 is 15.7 Å². The predicted octanol–water partition coefficient (Wildman–Crippen LogP) is 3.81. The van der Waals surface area contributed by atoms with E-state index in [2.05, 4.69) is 29.3 Å². The summed E-state index contributed by atoms with van der Waals surface area (Å²) in [5.74, 6) is -0.383. The number of rotatable bonds is 8. The van der Waals surface area contributed by atoms with Crippen LogP contribution in [0.3, 0.4) is 0 Å². The van der Waals surface area contributed by atoms with Gasteiger partial charge in [0.25, 0.3) is 5.91 Å². The fraction of sp³-hybridized carbons (Fsp3) is 0.296. The van der Waals surface area contributed by atoms with Gasteiger partial charge in [0, 0.05) is 31.7 Å². The summed E-state index contributed by atoms with van der Waals surface area (Å²) in [6.45, 7) is 5.93. The highest BCUT2D eigenvalue weighted by Crippen LogP contribution is 2.17. The van der Waals surface area contributed by atoms with Gasteiger partial charge in [-0.1, -0.05) is 54.6 Å². The van der Waals surface area contributed by atoms with Crippen molar-refractivity contribution < 1.29 is 17.9 Å². The number of ether oxygens (including phenoxy) is 1. The van der Waals surface area contributed by atoms with Crippen LogP contribution in [0, 0.1) is 0 Å². The van der Waals surface area contributed by atoms with Crippen LogP contribution in [0.25, 0.3) is 0 Å². The van der Waals surface area contributed by atoms with Crippen LogP contribution in [0.4, 0.5) is 0 Å². The molecule has 7 heteroatoms. The lowest BCUT2D eigenvalue weighted by Gasteiger charge is -2.31. The van der Waals surface area contributed by atoms with Gasteiger partial charge >= 0.3 is 0 Å². The minimum atomic E-state index is -3.48. The first-order valence-corrected chi connectivity index (χ1v) is 13.1.